The summed E-state index contributed by atoms with van der Waals surface area (Å²) in [6, 6.07) is 5.28. The van der Waals surface area contributed by atoms with Gasteiger partial charge in [-0.15, -0.1) is 0 Å². The standard InChI is InChI=1S/C38H48N2/c1-23-25(3)35-31(27-13-11-15-33(27)37(39(35)5)17-7-8-18-37)21-29(23)30-22-32-28-14-12-16-34(28)38(19-9-10-20-38)40(6)36(32)26(4)24(30)2/h21-22H,7-20H2,1-6H3. The highest BCUT2D eigenvalue weighted by molar-refractivity contribution is 5.95. The Labute approximate surface area is 242 Å². The Bertz CT molecular complexity index is 1400. The van der Waals surface area contributed by atoms with Crippen LogP contribution in [0, 0.1) is 27.7 Å². The van der Waals surface area contributed by atoms with Crippen LogP contribution < -0.4 is 9.80 Å². The van der Waals surface area contributed by atoms with Gasteiger partial charge in [0.25, 0.3) is 0 Å². The van der Waals surface area contributed by atoms with Crippen LogP contribution in [-0.2, 0) is 0 Å². The highest BCUT2D eigenvalue weighted by Crippen LogP contribution is 2.59. The van der Waals surface area contributed by atoms with E-state index in [0.717, 1.165) is 0 Å². The third kappa shape index (κ3) is 2.96. The van der Waals surface area contributed by atoms with Gasteiger partial charge in [0.15, 0.2) is 0 Å². The average Bonchev–Trinajstić information content (AvgIpc) is 3.76. The number of allylic oxidation sites excluding steroid dienone is 2. The number of nitrogens with zero attached hydrogens (tertiary/aromatic N) is 2. The highest BCUT2D eigenvalue weighted by Gasteiger charge is 2.49. The van der Waals surface area contributed by atoms with Crippen LogP contribution in [0.2, 0.25) is 0 Å². The van der Waals surface area contributed by atoms with Crippen molar-refractivity contribution in [1.82, 2.24) is 0 Å². The molecule has 2 heteroatoms. The van der Waals surface area contributed by atoms with Crippen molar-refractivity contribution in [3.63, 3.8) is 0 Å². The van der Waals surface area contributed by atoms with Crippen molar-refractivity contribution in [2.24, 2.45) is 0 Å². The Kier molecular flexibility index (Phi) is 5.38. The topological polar surface area (TPSA) is 6.48 Å². The number of rotatable bonds is 1. The zero-order chi connectivity index (χ0) is 27.6. The summed E-state index contributed by atoms with van der Waals surface area (Å²) in [4.78, 5) is 5.50. The molecule has 2 aliphatic heterocycles. The molecule has 0 atom stereocenters. The van der Waals surface area contributed by atoms with Gasteiger partial charge in [-0.05, 0) is 160 Å². The summed E-state index contributed by atoms with van der Waals surface area (Å²) in [5.74, 6) is 0. The second kappa shape index (κ2) is 8.52. The molecule has 8 rings (SSSR count). The van der Waals surface area contributed by atoms with E-state index in [2.05, 4.69) is 63.7 Å². The number of benzene rings is 2. The van der Waals surface area contributed by atoms with Gasteiger partial charge in [0.2, 0.25) is 0 Å². The molecule has 0 unspecified atom stereocenters. The summed E-state index contributed by atoms with van der Waals surface area (Å²) >= 11 is 0. The molecule has 2 nitrogen and oxygen atoms in total. The van der Waals surface area contributed by atoms with Crippen molar-refractivity contribution in [3.8, 4) is 11.1 Å². The maximum Gasteiger partial charge on any atom is 0.0616 e. The maximum atomic E-state index is 2.75. The molecule has 210 valence electrons. The average molecular weight is 533 g/mol. The van der Waals surface area contributed by atoms with E-state index < -0.39 is 0 Å². The monoisotopic (exact) mass is 532 g/mol. The molecule has 0 radical (unpaired) electrons. The largest absolute Gasteiger partial charge is 0.364 e. The van der Waals surface area contributed by atoms with E-state index >= 15 is 0 Å². The molecule has 2 fully saturated rings. The van der Waals surface area contributed by atoms with Crippen molar-refractivity contribution in [2.75, 3.05) is 23.9 Å². The second-order valence-electron chi connectivity index (χ2n) is 14.4. The van der Waals surface area contributed by atoms with Gasteiger partial charge in [0, 0.05) is 36.6 Å². The lowest BCUT2D eigenvalue weighted by Gasteiger charge is -2.48. The molecule has 4 aliphatic carbocycles. The minimum Gasteiger partial charge on any atom is -0.364 e. The van der Waals surface area contributed by atoms with Gasteiger partial charge >= 0.3 is 0 Å². The first-order chi connectivity index (χ1) is 19.3. The molecule has 0 aromatic heterocycles. The predicted octanol–water partition coefficient (Wildman–Crippen LogP) is 9.99. The zero-order valence-corrected chi connectivity index (χ0v) is 25.9. The van der Waals surface area contributed by atoms with E-state index in [0.29, 0.717) is 11.1 Å². The number of hydrogen-bond acceptors (Lipinski definition) is 2. The third-order valence-electron chi connectivity index (χ3n) is 13.0. The summed E-state index contributed by atoms with van der Waals surface area (Å²) in [5.41, 5.74) is 22.8. The first-order valence-electron chi connectivity index (χ1n) is 16.5. The molecule has 0 bridgehead atoms. The van der Waals surface area contributed by atoms with E-state index in [9.17, 15) is 0 Å². The first-order valence-corrected chi connectivity index (χ1v) is 16.5. The lowest BCUT2D eigenvalue weighted by atomic mass is 9.74. The molecule has 0 amide bonds. The third-order valence-corrected chi connectivity index (χ3v) is 13.0. The minimum atomic E-state index is 0.294. The van der Waals surface area contributed by atoms with Crippen LogP contribution in [0.15, 0.2) is 23.3 Å². The molecule has 6 aliphatic rings. The summed E-state index contributed by atoms with van der Waals surface area (Å²) < 4.78 is 0. The minimum absolute atomic E-state index is 0.294. The fourth-order valence-electron chi connectivity index (χ4n) is 10.8. The van der Waals surface area contributed by atoms with Crippen molar-refractivity contribution < 1.29 is 0 Å². The molecule has 2 saturated carbocycles. The molecular weight excluding hydrogens is 484 g/mol. The smallest absolute Gasteiger partial charge is 0.0616 e. The second-order valence-corrected chi connectivity index (χ2v) is 14.4. The van der Waals surface area contributed by atoms with Gasteiger partial charge in [-0.1, -0.05) is 25.7 Å². The fourth-order valence-corrected chi connectivity index (χ4v) is 10.8. The van der Waals surface area contributed by atoms with Crippen molar-refractivity contribution in [1.29, 1.82) is 0 Å². The molecule has 40 heavy (non-hydrogen) atoms. The summed E-state index contributed by atoms with van der Waals surface area (Å²) in [6.07, 6.45) is 18.7. The van der Waals surface area contributed by atoms with Crippen molar-refractivity contribution >= 4 is 22.5 Å². The SMILES string of the molecule is Cc1c(-c2cc3c(c(C)c2C)N(C)C2(CCCC2)C2=C3CCC2)cc2c(c1C)N(C)C1(CCCC1)C1=C2CCC1. The molecule has 2 spiro atoms. The summed E-state index contributed by atoms with van der Waals surface area (Å²) in [5, 5.41) is 0. The lowest BCUT2D eigenvalue weighted by Crippen LogP contribution is -2.48. The fraction of sp³-hybridized carbons (Fsp3) is 0.579. The van der Waals surface area contributed by atoms with E-state index in [4.69, 9.17) is 0 Å². The van der Waals surface area contributed by atoms with Crippen molar-refractivity contribution in [3.05, 3.63) is 56.7 Å². The van der Waals surface area contributed by atoms with Crippen LogP contribution >= 0.6 is 0 Å². The zero-order valence-electron chi connectivity index (χ0n) is 25.9. The van der Waals surface area contributed by atoms with Crippen LogP contribution in [0.1, 0.15) is 123 Å². The number of hydrogen-bond donors (Lipinski definition) is 0. The normalized spacial score (nSPS) is 23.9. The number of anilines is 2. The van der Waals surface area contributed by atoms with Gasteiger partial charge in [-0.3, -0.25) is 0 Å². The van der Waals surface area contributed by atoms with Gasteiger partial charge in [-0.2, -0.15) is 0 Å². The Morgan fingerprint density at radius 3 is 1.23 bits per heavy atom. The Morgan fingerprint density at radius 1 is 0.475 bits per heavy atom. The quantitative estimate of drug-likeness (QED) is 0.360. The molecule has 2 aromatic rings. The molecule has 2 aromatic carbocycles. The maximum absolute atomic E-state index is 2.75. The van der Waals surface area contributed by atoms with Crippen LogP contribution in [0.3, 0.4) is 0 Å². The molecular formula is C38H48N2. The van der Waals surface area contributed by atoms with E-state index in [-0.39, 0.29) is 0 Å². The van der Waals surface area contributed by atoms with Gasteiger partial charge in [0.05, 0.1) is 11.1 Å². The Morgan fingerprint density at radius 2 is 0.850 bits per heavy atom. The van der Waals surface area contributed by atoms with E-state index in [1.165, 1.54) is 123 Å². The summed E-state index contributed by atoms with van der Waals surface area (Å²) in [6.45, 7) is 9.67. The highest BCUT2D eigenvalue weighted by atomic mass is 15.2. The number of likely N-dealkylation sites (N-methyl/N-ethyl adjacent to an activating group) is 2. The van der Waals surface area contributed by atoms with Gasteiger partial charge in [-0.25, -0.2) is 0 Å². The first kappa shape index (κ1) is 25.2. The lowest BCUT2D eigenvalue weighted by molar-refractivity contribution is 0.470. The van der Waals surface area contributed by atoms with Crippen LogP contribution in [0.4, 0.5) is 11.4 Å². The number of fused-ring (bicyclic) bond motifs is 6. The van der Waals surface area contributed by atoms with Gasteiger partial charge in [0.1, 0.15) is 0 Å². The van der Waals surface area contributed by atoms with Crippen LogP contribution in [-0.4, -0.2) is 25.2 Å². The molecule has 2 heterocycles. The predicted molar refractivity (Wildman–Crippen MR) is 172 cm³/mol. The molecule has 0 saturated heterocycles. The summed E-state index contributed by atoms with van der Waals surface area (Å²) in [7, 11) is 4.85. The van der Waals surface area contributed by atoms with Crippen molar-refractivity contribution in [2.45, 2.75) is 129 Å². The van der Waals surface area contributed by atoms with Gasteiger partial charge < -0.3 is 9.80 Å². The van der Waals surface area contributed by atoms with E-state index in [1.807, 2.05) is 0 Å². The Balaban J connectivity index is 1.35. The van der Waals surface area contributed by atoms with E-state index in [1.54, 1.807) is 44.8 Å². The van der Waals surface area contributed by atoms with Crippen LogP contribution in [0.5, 0.6) is 0 Å². The Hall–Kier alpha value is -2.48. The molecule has 0 N–H and O–H groups in total. The van der Waals surface area contributed by atoms with Crippen LogP contribution in [0.25, 0.3) is 22.3 Å².